The summed E-state index contributed by atoms with van der Waals surface area (Å²) in [6.45, 7) is 1.95. The molecule has 0 aliphatic carbocycles. The van der Waals surface area contributed by atoms with Crippen molar-refractivity contribution in [3.8, 4) is 0 Å². The summed E-state index contributed by atoms with van der Waals surface area (Å²) in [6, 6.07) is 15.1. The van der Waals surface area contributed by atoms with E-state index < -0.39 is 6.04 Å². The van der Waals surface area contributed by atoms with Crippen molar-refractivity contribution in [1.82, 2.24) is 0 Å². The number of rotatable bonds is 4. The summed E-state index contributed by atoms with van der Waals surface area (Å²) in [7, 11) is 0. The van der Waals surface area contributed by atoms with Crippen LogP contribution in [0.1, 0.15) is 27.5 Å². The van der Waals surface area contributed by atoms with Crippen LogP contribution in [0, 0.1) is 11.8 Å². The molecule has 2 aromatic carbocycles. The van der Waals surface area contributed by atoms with Gasteiger partial charge in [0.05, 0.1) is 0 Å². The van der Waals surface area contributed by atoms with Gasteiger partial charge in [0.15, 0.2) is 11.8 Å². The van der Waals surface area contributed by atoms with Gasteiger partial charge >= 0.3 is 0 Å². The number of ketones is 1. The van der Waals surface area contributed by atoms with E-state index in [1.807, 2.05) is 25.1 Å². The van der Waals surface area contributed by atoms with E-state index in [0.29, 0.717) is 11.1 Å². The number of Topliss-reactive ketones (excluding diaryl/α,β-unsaturated/α-hetero) is 1. The predicted octanol–water partition coefficient (Wildman–Crippen LogP) is 3.69. The highest BCUT2D eigenvalue weighted by Crippen LogP contribution is 2.22. The molecule has 0 saturated heterocycles. The number of carbonyl (C=O) groups is 1. The molecular formula is C15H13NO2. The Morgan fingerprint density at radius 2 is 1.61 bits per heavy atom. The smallest absolute Gasteiger partial charge is 0.195 e. The summed E-state index contributed by atoms with van der Waals surface area (Å²) in [5.41, 5.74) is 2.20. The van der Waals surface area contributed by atoms with E-state index >= 15 is 0 Å². The molecule has 3 heteroatoms. The fraction of sp³-hybridized carbons (Fsp3) is 0.133. The minimum atomic E-state index is -0.964. The molecule has 1 unspecified atom stereocenters. The van der Waals surface area contributed by atoms with Crippen molar-refractivity contribution >= 4 is 5.78 Å². The van der Waals surface area contributed by atoms with Crippen LogP contribution in [-0.4, -0.2) is 5.78 Å². The second-order valence-electron chi connectivity index (χ2n) is 4.15. The first kappa shape index (κ1) is 12.2. The maximum atomic E-state index is 12.2. The number of hydrogen-bond acceptors (Lipinski definition) is 3. The van der Waals surface area contributed by atoms with E-state index in [2.05, 4.69) is 5.18 Å². The van der Waals surface area contributed by atoms with Gasteiger partial charge < -0.3 is 0 Å². The summed E-state index contributed by atoms with van der Waals surface area (Å²) < 4.78 is 0. The zero-order chi connectivity index (χ0) is 13.0. The van der Waals surface area contributed by atoms with Crippen LogP contribution in [0.25, 0.3) is 0 Å². The summed E-state index contributed by atoms with van der Waals surface area (Å²) in [6.07, 6.45) is 0. The molecule has 2 rings (SSSR count). The molecule has 0 heterocycles. The molecule has 0 radical (unpaired) electrons. The molecule has 1 atom stereocenters. The molecule has 0 fully saturated rings. The van der Waals surface area contributed by atoms with Gasteiger partial charge in [-0.2, -0.15) is 0 Å². The minimum Gasteiger partial charge on any atom is -0.291 e. The van der Waals surface area contributed by atoms with Crippen LogP contribution in [0.2, 0.25) is 0 Å². The number of benzene rings is 2. The molecule has 0 bridgehead atoms. The number of nitroso groups, excluding NO2 is 1. The highest BCUT2D eigenvalue weighted by Gasteiger charge is 2.22. The van der Waals surface area contributed by atoms with Gasteiger partial charge in [0.2, 0.25) is 0 Å². The molecule has 0 aromatic heterocycles. The Balaban J connectivity index is 2.31. The Morgan fingerprint density at radius 3 is 2.17 bits per heavy atom. The summed E-state index contributed by atoms with van der Waals surface area (Å²) in [5, 5.41) is 2.96. The van der Waals surface area contributed by atoms with Crippen LogP contribution in [0.3, 0.4) is 0 Å². The first-order valence-electron chi connectivity index (χ1n) is 5.70. The quantitative estimate of drug-likeness (QED) is 0.603. The number of carbonyl (C=O) groups excluding carboxylic acids is 1. The van der Waals surface area contributed by atoms with E-state index in [1.54, 1.807) is 36.4 Å². The molecular weight excluding hydrogens is 226 g/mol. The van der Waals surface area contributed by atoms with Gasteiger partial charge in [0, 0.05) is 5.56 Å². The minimum absolute atomic E-state index is 0.267. The average molecular weight is 239 g/mol. The Labute approximate surface area is 105 Å². The second kappa shape index (κ2) is 5.36. The lowest BCUT2D eigenvalue weighted by Crippen LogP contribution is -2.10. The number of nitrogens with zero attached hydrogens (tertiary/aromatic N) is 1. The average Bonchev–Trinajstić information content (AvgIpc) is 2.41. The van der Waals surface area contributed by atoms with E-state index in [1.165, 1.54) is 0 Å². The van der Waals surface area contributed by atoms with Gasteiger partial charge in [-0.15, -0.1) is 4.91 Å². The topological polar surface area (TPSA) is 46.5 Å². The third-order valence-electron chi connectivity index (χ3n) is 2.81. The SMILES string of the molecule is Cc1ccc(C(=O)C(N=O)c2ccccc2)cc1. The highest BCUT2D eigenvalue weighted by molar-refractivity contribution is 6.00. The van der Waals surface area contributed by atoms with Crippen molar-refractivity contribution in [2.24, 2.45) is 5.18 Å². The van der Waals surface area contributed by atoms with Gasteiger partial charge in [0.25, 0.3) is 0 Å². The number of aryl methyl sites for hydroxylation is 1. The van der Waals surface area contributed by atoms with Gasteiger partial charge in [0.1, 0.15) is 0 Å². The first-order chi connectivity index (χ1) is 8.72. The van der Waals surface area contributed by atoms with Gasteiger partial charge in [-0.25, -0.2) is 0 Å². The lowest BCUT2D eigenvalue weighted by Gasteiger charge is -2.08. The molecule has 0 saturated carbocycles. The standard InChI is InChI=1S/C15H13NO2/c1-11-7-9-13(10-8-11)15(17)14(16-18)12-5-3-2-4-6-12/h2-10,14H,1H3. The third-order valence-corrected chi connectivity index (χ3v) is 2.81. The Kier molecular flexibility index (Phi) is 3.63. The molecule has 0 aliphatic heterocycles. The molecule has 90 valence electrons. The molecule has 0 N–H and O–H groups in total. The number of hydrogen-bond donors (Lipinski definition) is 0. The third kappa shape index (κ3) is 2.51. The van der Waals surface area contributed by atoms with Crippen LogP contribution in [0.4, 0.5) is 0 Å². The van der Waals surface area contributed by atoms with Gasteiger partial charge in [-0.3, -0.25) is 4.79 Å². The fourth-order valence-electron chi connectivity index (χ4n) is 1.77. The van der Waals surface area contributed by atoms with E-state index in [0.717, 1.165) is 5.56 Å². The van der Waals surface area contributed by atoms with Crippen LogP contribution in [0.5, 0.6) is 0 Å². The lowest BCUT2D eigenvalue weighted by molar-refractivity contribution is 0.0962. The van der Waals surface area contributed by atoms with Crippen LogP contribution in [0.15, 0.2) is 59.8 Å². The lowest BCUT2D eigenvalue weighted by atomic mass is 9.98. The maximum Gasteiger partial charge on any atom is 0.195 e. The zero-order valence-electron chi connectivity index (χ0n) is 10.0. The molecule has 18 heavy (non-hydrogen) atoms. The van der Waals surface area contributed by atoms with Crippen LogP contribution in [-0.2, 0) is 0 Å². The fourth-order valence-corrected chi connectivity index (χ4v) is 1.77. The Hall–Kier alpha value is -2.29. The monoisotopic (exact) mass is 239 g/mol. The van der Waals surface area contributed by atoms with Gasteiger partial charge in [-0.05, 0) is 12.5 Å². The molecule has 0 spiro atoms. The predicted molar refractivity (Wildman–Crippen MR) is 70.5 cm³/mol. The van der Waals surface area contributed by atoms with Crippen molar-refractivity contribution in [1.29, 1.82) is 0 Å². The second-order valence-corrected chi connectivity index (χ2v) is 4.15. The summed E-state index contributed by atoms with van der Waals surface area (Å²) in [4.78, 5) is 23.1. The zero-order valence-corrected chi connectivity index (χ0v) is 10.0. The van der Waals surface area contributed by atoms with E-state index in [-0.39, 0.29) is 5.78 Å². The Morgan fingerprint density at radius 1 is 1.00 bits per heavy atom. The van der Waals surface area contributed by atoms with Crippen molar-refractivity contribution < 1.29 is 4.79 Å². The van der Waals surface area contributed by atoms with Crippen molar-refractivity contribution in [2.45, 2.75) is 13.0 Å². The molecule has 0 amide bonds. The van der Waals surface area contributed by atoms with Crippen molar-refractivity contribution in [3.63, 3.8) is 0 Å². The van der Waals surface area contributed by atoms with Crippen LogP contribution >= 0.6 is 0 Å². The van der Waals surface area contributed by atoms with Crippen LogP contribution < -0.4 is 0 Å². The first-order valence-corrected chi connectivity index (χ1v) is 5.70. The Bertz CT molecular complexity index is 546. The summed E-state index contributed by atoms with van der Waals surface area (Å²) >= 11 is 0. The normalized spacial score (nSPS) is 11.8. The van der Waals surface area contributed by atoms with Crippen molar-refractivity contribution in [3.05, 3.63) is 76.2 Å². The largest absolute Gasteiger partial charge is 0.291 e. The van der Waals surface area contributed by atoms with Gasteiger partial charge in [-0.1, -0.05) is 65.3 Å². The molecule has 3 nitrogen and oxygen atoms in total. The van der Waals surface area contributed by atoms with E-state index in [4.69, 9.17) is 0 Å². The summed E-state index contributed by atoms with van der Waals surface area (Å²) in [5.74, 6) is -0.267. The maximum absolute atomic E-state index is 12.2. The van der Waals surface area contributed by atoms with Crippen molar-refractivity contribution in [2.75, 3.05) is 0 Å². The molecule has 2 aromatic rings. The highest BCUT2D eigenvalue weighted by atomic mass is 16.3. The van der Waals surface area contributed by atoms with E-state index in [9.17, 15) is 9.70 Å². The molecule has 0 aliphatic rings.